The quantitative estimate of drug-likeness (QED) is 0.877. The summed E-state index contributed by atoms with van der Waals surface area (Å²) in [5.74, 6) is -0.228. The smallest absolute Gasteiger partial charge is 0.238 e. The molecule has 1 amide bonds. The summed E-state index contributed by atoms with van der Waals surface area (Å²) >= 11 is 0. The number of rotatable bonds is 6. The summed E-state index contributed by atoms with van der Waals surface area (Å²) < 4.78 is 24.8. The van der Waals surface area contributed by atoms with Gasteiger partial charge in [0.15, 0.2) is 9.84 Å². The first-order chi connectivity index (χ1) is 9.63. The molecule has 0 saturated heterocycles. The van der Waals surface area contributed by atoms with E-state index >= 15 is 0 Å². The molecule has 0 bridgehead atoms. The third kappa shape index (κ3) is 5.16. The van der Waals surface area contributed by atoms with Gasteiger partial charge in [0.2, 0.25) is 5.91 Å². The third-order valence-electron chi connectivity index (χ3n) is 3.45. The predicted octanol–water partition coefficient (Wildman–Crippen LogP) is 2.38. The van der Waals surface area contributed by atoms with Crippen LogP contribution in [-0.2, 0) is 20.4 Å². The van der Waals surface area contributed by atoms with Gasteiger partial charge in [-0.2, -0.15) is 0 Å². The first-order valence-electron chi connectivity index (χ1n) is 7.19. The summed E-state index contributed by atoms with van der Waals surface area (Å²) in [4.78, 5) is 11.9. The maximum atomic E-state index is 12.4. The second kappa shape index (κ2) is 7.07. The molecule has 0 radical (unpaired) electrons. The lowest BCUT2D eigenvalue weighted by Gasteiger charge is -2.15. The molecule has 0 saturated carbocycles. The zero-order valence-corrected chi connectivity index (χ0v) is 14.3. The van der Waals surface area contributed by atoms with Gasteiger partial charge in [0.05, 0.1) is 5.75 Å². The maximum Gasteiger partial charge on any atom is 0.238 e. The summed E-state index contributed by atoms with van der Waals surface area (Å²) in [6.07, 6.45) is 0. The van der Waals surface area contributed by atoms with Gasteiger partial charge in [0.1, 0.15) is 5.25 Å². The Morgan fingerprint density at radius 3 is 2.38 bits per heavy atom. The number of hydrogen-bond acceptors (Lipinski definition) is 3. The highest BCUT2D eigenvalue weighted by molar-refractivity contribution is 7.92. The minimum absolute atomic E-state index is 0.100. The van der Waals surface area contributed by atoms with Gasteiger partial charge in [-0.15, -0.1) is 0 Å². The van der Waals surface area contributed by atoms with Crippen LogP contribution in [0.25, 0.3) is 0 Å². The summed E-state index contributed by atoms with van der Waals surface area (Å²) in [7, 11) is -3.51. The van der Waals surface area contributed by atoms with E-state index in [4.69, 9.17) is 0 Å². The molecule has 1 aromatic carbocycles. The van der Waals surface area contributed by atoms with Crippen molar-refractivity contribution in [3.8, 4) is 0 Å². The van der Waals surface area contributed by atoms with Crippen molar-refractivity contribution in [1.82, 2.24) is 5.32 Å². The Morgan fingerprint density at radius 1 is 1.19 bits per heavy atom. The van der Waals surface area contributed by atoms with Crippen LogP contribution in [0.15, 0.2) is 18.2 Å². The normalized spacial score (nSPS) is 13.2. The van der Waals surface area contributed by atoms with Crippen molar-refractivity contribution in [2.24, 2.45) is 5.92 Å². The summed E-state index contributed by atoms with van der Waals surface area (Å²) in [5, 5.41) is 1.65. The Hall–Kier alpha value is -1.36. The molecule has 0 aliphatic rings. The van der Waals surface area contributed by atoms with E-state index in [-0.39, 0.29) is 5.75 Å². The fourth-order valence-corrected chi connectivity index (χ4v) is 3.31. The van der Waals surface area contributed by atoms with Crippen LogP contribution in [0, 0.1) is 19.8 Å². The molecular weight excluding hydrogens is 286 g/mol. The number of nitrogens with one attached hydrogen (secondary N) is 1. The van der Waals surface area contributed by atoms with Crippen LogP contribution in [-0.4, -0.2) is 26.1 Å². The van der Waals surface area contributed by atoms with Crippen LogP contribution in [0.5, 0.6) is 0 Å². The average molecular weight is 311 g/mol. The molecule has 0 heterocycles. The van der Waals surface area contributed by atoms with Crippen LogP contribution in [0.4, 0.5) is 0 Å². The fourth-order valence-electron chi connectivity index (χ4n) is 1.91. The highest BCUT2D eigenvalue weighted by atomic mass is 32.2. The number of aryl methyl sites for hydroxylation is 2. The first-order valence-corrected chi connectivity index (χ1v) is 8.90. The van der Waals surface area contributed by atoms with Gasteiger partial charge in [-0.05, 0) is 37.8 Å². The van der Waals surface area contributed by atoms with E-state index in [0.29, 0.717) is 12.5 Å². The van der Waals surface area contributed by atoms with Crippen LogP contribution in [0.3, 0.4) is 0 Å². The molecule has 21 heavy (non-hydrogen) atoms. The van der Waals surface area contributed by atoms with Crippen LogP contribution in [0.1, 0.15) is 37.5 Å². The molecule has 4 nitrogen and oxygen atoms in total. The Kier molecular flexibility index (Phi) is 5.96. The van der Waals surface area contributed by atoms with Gasteiger partial charge in [0, 0.05) is 6.54 Å². The number of benzene rings is 1. The second-order valence-electron chi connectivity index (χ2n) is 6.02. The largest absolute Gasteiger partial charge is 0.355 e. The summed E-state index contributed by atoms with van der Waals surface area (Å²) in [5.41, 5.74) is 2.71. The molecular formula is C16H25NO3S. The zero-order valence-electron chi connectivity index (χ0n) is 13.4. The third-order valence-corrected chi connectivity index (χ3v) is 5.46. The highest BCUT2D eigenvalue weighted by Gasteiger charge is 2.28. The number of amides is 1. The van der Waals surface area contributed by atoms with Crippen molar-refractivity contribution in [2.75, 3.05) is 6.54 Å². The molecule has 1 rings (SSSR count). The lowest BCUT2D eigenvalue weighted by atomic mass is 10.1. The van der Waals surface area contributed by atoms with Gasteiger partial charge < -0.3 is 5.32 Å². The molecule has 1 unspecified atom stereocenters. The fraction of sp³-hybridized carbons (Fsp3) is 0.562. The molecule has 0 fully saturated rings. The highest BCUT2D eigenvalue weighted by Crippen LogP contribution is 2.17. The van der Waals surface area contributed by atoms with E-state index in [0.717, 1.165) is 16.7 Å². The van der Waals surface area contributed by atoms with Gasteiger partial charge in [-0.1, -0.05) is 37.6 Å². The van der Waals surface area contributed by atoms with Crippen molar-refractivity contribution in [3.05, 3.63) is 34.9 Å². The van der Waals surface area contributed by atoms with Gasteiger partial charge in [-0.25, -0.2) is 8.42 Å². The lowest BCUT2D eigenvalue weighted by molar-refractivity contribution is -0.120. The maximum absolute atomic E-state index is 12.4. The summed E-state index contributed by atoms with van der Waals surface area (Å²) in [6, 6.07) is 5.72. The van der Waals surface area contributed by atoms with E-state index in [1.54, 1.807) is 0 Å². The number of hydrogen-bond donors (Lipinski definition) is 1. The molecule has 0 aliphatic heterocycles. The van der Waals surface area contributed by atoms with Crippen molar-refractivity contribution >= 4 is 15.7 Å². The first kappa shape index (κ1) is 17.7. The number of carbonyl (C=O) groups excluding carboxylic acids is 1. The van der Waals surface area contributed by atoms with Crippen LogP contribution >= 0.6 is 0 Å². The van der Waals surface area contributed by atoms with Crippen molar-refractivity contribution in [3.63, 3.8) is 0 Å². The monoisotopic (exact) mass is 311 g/mol. The minimum Gasteiger partial charge on any atom is -0.355 e. The topological polar surface area (TPSA) is 63.2 Å². The van der Waals surface area contributed by atoms with Crippen molar-refractivity contribution < 1.29 is 13.2 Å². The van der Waals surface area contributed by atoms with Crippen LogP contribution in [0.2, 0.25) is 0 Å². The Morgan fingerprint density at radius 2 is 1.81 bits per heavy atom. The lowest BCUT2D eigenvalue weighted by Crippen LogP contribution is -2.40. The summed E-state index contributed by atoms with van der Waals surface area (Å²) in [6.45, 7) is 9.69. The molecule has 1 aromatic rings. The van der Waals surface area contributed by atoms with E-state index in [1.165, 1.54) is 6.92 Å². The Bertz CT molecular complexity index is 606. The van der Waals surface area contributed by atoms with Gasteiger partial charge in [-0.3, -0.25) is 4.79 Å². The van der Waals surface area contributed by atoms with E-state index < -0.39 is 21.0 Å². The van der Waals surface area contributed by atoms with Crippen LogP contribution < -0.4 is 5.32 Å². The number of sulfone groups is 1. The molecule has 0 aromatic heterocycles. The zero-order chi connectivity index (χ0) is 16.2. The second-order valence-corrected chi connectivity index (χ2v) is 8.34. The Balaban J connectivity index is 2.85. The molecule has 1 N–H and O–H groups in total. The van der Waals surface area contributed by atoms with Gasteiger partial charge in [0.25, 0.3) is 0 Å². The Labute approximate surface area is 127 Å². The molecule has 5 heteroatoms. The average Bonchev–Trinajstić information content (AvgIpc) is 2.39. The van der Waals surface area contributed by atoms with E-state index in [2.05, 4.69) is 5.32 Å². The SMILES string of the molecule is Cc1ccc(C)c(CS(=O)(=O)C(C)C(=O)NCC(C)C)c1. The van der Waals surface area contributed by atoms with Gasteiger partial charge >= 0.3 is 0 Å². The minimum atomic E-state index is -3.51. The standard InChI is InChI=1S/C16H25NO3S/c1-11(2)9-17-16(18)14(5)21(19,20)10-15-8-12(3)6-7-13(15)4/h6-8,11,14H,9-10H2,1-5H3,(H,17,18). The molecule has 0 spiro atoms. The van der Waals surface area contributed by atoms with Crippen molar-refractivity contribution in [1.29, 1.82) is 0 Å². The molecule has 118 valence electrons. The predicted molar refractivity (Wildman–Crippen MR) is 85.8 cm³/mol. The van der Waals surface area contributed by atoms with Crippen molar-refractivity contribution in [2.45, 2.75) is 45.6 Å². The molecule has 0 aliphatic carbocycles. The number of carbonyl (C=O) groups is 1. The van der Waals surface area contributed by atoms with E-state index in [1.807, 2.05) is 45.9 Å². The molecule has 1 atom stereocenters. The van der Waals surface area contributed by atoms with E-state index in [9.17, 15) is 13.2 Å².